The molecule has 0 amide bonds. The van der Waals surface area contributed by atoms with Gasteiger partial charge in [-0.05, 0) is 89.2 Å². The molecular formula is C52H102O7. The third kappa shape index (κ3) is 43.6. The van der Waals surface area contributed by atoms with E-state index in [1.54, 1.807) is 14.2 Å². The Balaban J connectivity index is 4.23. The fourth-order valence-electron chi connectivity index (χ4n) is 7.22. The van der Waals surface area contributed by atoms with Crippen LogP contribution < -0.4 is 0 Å². The van der Waals surface area contributed by atoms with Crippen LogP contribution in [0, 0.1) is 0 Å². The highest BCUT2D eigenvalue weighted by Crippen LogP contribution is 2.17. The maximum Gasteiger partial charge on any atom is 0.179 e. The lowest BCUT2D eigenvalue weighted by Crippen LogP contribution is -2.22. The summed E-state index contributed by atoms with van der Waals surface area (Å²) in [7, 11) is 3.38. The van der Waals surface area contributed by atoms with Crippen LogP contribution in [-0.4, -0.2) is 65.8 Å². The van der Waals surface area contributed by atoms with Gasteiger partial charge < -0.3 is 33.2 Å². The maximum absolute atomic E-state index is 6.19. The van der Waals surface area contributed by atoms with Gasteiger partial charge in [-0.3, -0.25) is 0 Å². The Bertz CT molecular complexity index is 738. The Morgan fingerprint density at radius 3 is 0.898 bits per heavy atom. The molecule has 59 heavy (non-hydrogen) atoms. The molecule has 0 aliphatic carbocycles. The van der Waals surface area contributed by atoms with Crippen molar-refractivity contribution in [3.05, 3.63) is 24.3 Å². The van der Waals surface area contributed by atoms with Crippen molar-refractivity contribution in [2.24, 2.45) is 0 Å². The van der Waals surface area contributed by atoms with Gasteiger partial charge in [0.25, 0.3) is 0 Å². The first-order valence-electron chi connectivity index (χ1n) is 25.7. The van der Waals surface area contributed by atoms with Gasteiger partial charge in [-0.25, -0.2) is 0 Å². The molecule has 0 saturated carbocycles. The summed E-state index contributed by atoms with van der Waals surface area (Å²) in [5, 5.41) is 0. The first-order valence-corrected chi connectivity index (χ1v) is 25.7. The summed E-state index contributed by atoms with van der Waals surface area (Å²) >= 11 is 0. The molecular weight excluding hydrogens is 737 g/mol. The first-order chi connectivity index (χ1) is 29.1. The Labute approximate surface area is 368 Å². The lowest BCUT2D eigenvalue weighted by molar-refractivity contribution is -0.188. The van der Waals surface area contributed by atoms with Crippen molar-refractivity contribution in [1.29, 1.82) is 0 Å². The van der Waals surface area contributed by atoms with Gasteiger partial charge in [-0.2, -0.15) is 0 Å². The second-order valence-corrected chi connectivity index (χ2v) is 16.9. The average molecular weight is 839 g/mol. The molecule has 0 N–H and O–H groups in total. The predicted octanol–water partition coefficient (Wildman–Crippen LogP) is 16.1. The van der Waals surface area contributed by atoms with Crippen molar-refractivity contribution in [2.45, 2.75) is 271 Å². The lowest BCUT2D eigenvalue weighted by atomic mass is 10.1. The Kier molecular flexibility index (Phi) is 49.2. The normalized spacial score (nSPS) is 13.3. The van der Waals surface area contributed by atoms with Crippen molar-refractivity contribution in [1.82, 2.24) is 0 Å². The summed E-state index contributed by atoms with van der Waals surface area (Å²) in [6.45, 7) is 12.4. The van der Waals surface area contributed by atoms with Crippen molar-refractivity contribution >= 4 is 0 Å². The highest BCUT2D eigenvalue weighted by molar-refractivity contribution is 4.89. The molecule has 0 aliphatic rings. The fourth-order valence-corrected chi connectivity index (χ4v) is 7.22. The maximum atomic E-state index is 6.19. The van der Waals surface area contributed by atoms with E-state index >= 15 is 0 Å². The number of hydrogen-bond donors (Lipinski definition) is 0. The van der Waals surface area contributed by atoms with Crippen LogP contribution in [-0.2, 0) is 33.2 Å². The van der Waals surface area contributed by atoms with E-state index in [2.05, 4.69) is 39.8 Å². The monoisotopic (exact) mass is 839 g/mol. The van der Waals surface area contributed by atoms with Crippen molar-refractivity contribution in [3.8, 4) is 0 Å². The summed E-state index contributed by atoms with van der Waals surface area (Å²) in [6, 6.07) is 0. The first kappa shape index (κ1) is 58.2. The van der Waals surface area contributed by atoms with Gasteiger partial charge in [0, 0.05) is 40.6 Å². The van der Waals surface area contributed by atoms with E-state index in [1.807, 2.05) is 12.2 Å². The third-order valence-electron chi connectivity index (χ3n) is 11.1. The lowest BCUT2D eigenvalue weighted by Gasteiger charge is -2.19. The van der Waals surface area contributed by atoms with Crippen molar-refractivity contribution < 1.29 is 33.2 Å². The van der Waals surface area contributed by atoms with Crippen LogP contribution in [0.15, 0.2) is 24.3 Å². The van der Waals surface area contributed by atoms with Crippen molar-refractivity contribution in [3.63, 3.8) is 0 Å². The molecule has 0 fully saturated rings. The van der Waals surface area contributed by atoms with Gasteiger partial charge in [0.05, 0.1) is 0 Å². The van der Waals surface area contributed by atoms with E-state index in [4.69, 9.17) is 33.2 Å². The van der Waals surface area contributed by atoms with Gasteiger partial charge in [-0.1, -0.05) is 181 Å². The minimum Gasteiger partial charge on any atom is -0.353 e. The minimum atomic E-state index is -0.418. The van der Waals surface area contributed by atoms with Gasteiger partial charge >= 0.3 is 0 Å². The van der Waals surface area contributed by atoms with E-state index in [-0.39, 0.29) is 12.6 Å². The van der Waals surface area contributed by atoms with Crippen LogP contribution in [0.5, 0.6) is 0 Å². The summed E-state index contributed by atoms with van der Waals surface area (Å²) in [5.41, 5.74) is 0. The molecule has 2 unspecified atom stereocenters. The predicted molar refractivity (Wildman–Crippen MR) is 252 cm³/mol. The molecule has 0 spiro atoms. The highest BCUT2D eigenvalue weighted by atomic mass is 16.8. The molecule has 0 heterocycles. The third-order valence-corrected chi connectivity index (χ3v) is 11.1. The topological polar surface area (TPSA) is 64.6 Å². The van der Waals surface area contributed by atoms with Crippen LogP contribution in [0.2, 0.25) is 0 Å². The van der Waals surface area contributed by atoms with E-state index in [1.165, 1.54) is 167 Å². The van der Waals surface area contributed by atoms with Gasteiger partial charge in [-0.15, -0.1) is 0 Å². The van der Waals surface area contributed by atoms with E-state index in [0.29, 0.717) is 0 Å². The zero-order chi connectivity index (χ0) is 43.0. The number of unbranched alkanes of at least 4 members (excludes halogenated alkanes) is 26. The second kappa shape index (κ2) is 49.9. The number of rotatable bonds is 50. The van der Waals surface area contributed by atoms with Gasteiger partial charge in [0.15, 0.2) is 25.2 Å². The number of methoxy groups -OCH3 is 2. The summed E-state index contributed by atoms with van der Waals surface area (Å²) < 4.78 is 42.0. The van der Waals surface area contributed by atoms with E-state index in [0.717, 1.165) is 77.8 Å². The van der Waals surface area contributed by atoms with Crippen LogP contribution in [0.1, 0.15) is 246 Å². The number of allylic oxidation sites excluding steroid dienone is 2. The molecule has 0 rings (SSSR count). The molecule has 0 aromatic rings. The quantitative estimate of drug-likeness (QED) is 0.0343. The SMILES string of the molecule is CCCCCCCOC(CCCCCCCC=CC(OC)OC(C=CCCCCCCCC(OCCCCCCC)OCCCCCCC)OC)OCCCCCCC. The molecule has 0 radical (unpaired) electrons. The smallest absolute Gasteiger partial charge is 0.179 e. The van der Waals surface area contributed by atoms with Gasteiger partial charge in [0.1, 0.15) is 0 Å². The Morgan fingerprint density at radius 1 is 0.322 bits per heavy atom. The molecule has 0 aromatic carbocycles. The number of ether oxygens (including phenoxy) is 7. The van der Waals surface area contributed by atoms with Crippen LogP contribution in [0.25, 0.3) is 0 Å². The fraction of sp³-hybridized carbons (Fsp3) is 0.923. The molecule has 0 aliphatic heterocycles. The van der Waals surface area contributed by atoms with E-state index < -0.39 is 12.6 Å². The summed E-state index contributed by atoms with van der Waals surface area (Å²) in [6.07, 6.45) is 49.1. The van der Waals surface area contributed by atoms with Crippen LogP contribution in [0.3, 0.4) is 0 Å². The zero-order valence-corrected chi connectivity index (χ0v) is 40.3. The Hall–Kier alpha value is -0.800. The molecule has 0 aromatic heterocycles. The Morgan fingerprint density at radius 2 is 0.593 bits per heavy atom. The molecule has 7 heteroatoms. The summed E-state index contributed by atoms with van der Waals surface area (Å²) in [5.74, 6) is 0. The molecule has 0 bridgehead atoms. The number of hydrogen-bond acceptors (Lipinski definition) is 7. The van der Waals surface area contributed by atoms with E-state index in [9.17, 15) is 0 Å². The molecule has 352 valence electrons. The van der Waals surface area contributed by atoms with Crippen LogP contribution >= 0.6 is 0 Å². The molecule has 0 saturated heterocycles. The van der Waals surface area contributed by atoms with Crippen molar-refractivity contribution in [2.75, 3.05) is 40.6 Å². The highest BCUT2D eigenvalue weighted by Gasteiger charge is 2.12. The minimum absolute atomic E-state index is 0.0311. The summed E-state index contributed by atoms with van der Waals surface area (Å²) in [4.78, 5) is 0. The second-order valence-electron chi connectivity index (χ2n) is 16.9. The van der Waals surface area contributed by atoms with Gasteiger partial charge in [0.2, 0.25) is 0 Å². The average Bonchev–Trinajstić information content (AvgIpc) is 3.25. The molecule has 7 nitrogen and oxygen atoms in total. The standard InChI is InChI=1S/C52H102O7/c1-7-11-15-29-37-45-55-51(56-46-38-30-16-12-8-2)43-35-27-23-19-21-25-33-41-49(53-5)59-50(54-6)42-34-26-22-20-24-28-36-44-52(57-47-39-31-17-13-9-3)58-48-40-32-18-14-10-4/h33-34,41-42,49-52H,7-32,35-40,43-48H2,1-6H3. The zero-order valence-electron chi connectivity index (χ0n) is 40.3. The van der Waals surface area contributed by atoms with Crippen LogP contribution in [0.4, 0.5) is 0 Å². The molecule has 2 atom stereocenters. The largest absolute Gasteiger partial charge is 0.353 e.